The Hall–Kier alpha value is -2.98. The molecule has 4 nitrogen and oxygen atoms in total. The van der Waals surface area contributed by atoms with Crippen LogP contribution in [-0.2, 0) is 0 Å². The van der Waals surface area contributed by atoms with E-state index >= 15 is 0 Å². The molecule has 0 saturated carbocycles. The van der Waals surface area contributed by atoms with Gasteiger partial charge in [-0.15, -0.1) is 0 Å². The lowest BCUT2D eigenvalue weighted by molar-refractivity contribution is 0.415. The Morgan fingerprint density at radius 2 is 1.89 bits per heavy atom. The first-order chi connectivity index (χ1) is 9.26. The predicted molar refractivity (Wildman–Crippen MR) is 72.1 cm³/mol. The van der Waals surface area contributed by atoms with Gasteiger partial charge in [-0.25, -0.2) is 0 Å². The number of rotatable bonds is 3. The molecule has 0 amide bonds. The van der Waals surface area contributed by atoms with Crippen LogP contribution in [-0.4, -0.2) is 7.11 Å². The maximum atomic E-state index is 9.08. The van der Waals surface area contributed by atoms with E-state index < -0.39 is 0 Å². The molecule has 92 valence electrons. The molecule has 0 saturated heterocycles. The highest BCUT2D eigenvalue weighted by Crippen LogP contribution is 2.25. The van der Waals surface area contributed by atoms with Crippen LogP contribution in [0.3, 0.4) is 0 Å². The molecule has 0 fully saturated rings. The van der Waals surface area contributed by atoms with Crippen molar-refractivity contribution in [2.24, 2.45) is 0 Å². The van der Waals surface area contributed by atoms with Gasteiger partial charge in [-0.3, -0.25) is 0 Å². The molecule has 2 aromatic carbocycles. The second-order valence-electron chi connectivity index (χ2n) is 3.84. The minimum absolute atomic E-state index is 0.517. The molecule has 0 aliphatic carbocycles. The smallest absolute Gasteiger partial charge is 0.121 e. The summed E-state index contributed by atoms with van der Waals surface area (Å²) >= 11 is 0. The van der Waals surface area contributed by atoms with Crippen molar-refractivity contribution in [3.05, 3.63) is 53.6 Å². The summed E-state index contributed by atoms with van der Waals surface area (Å²) in [6.07, 6.45) is 0. The number of anilines is 2. The quantitative estimate of drug-likeness (QED) is 0.907. The van der Waals surface area contributed by atoms with Crippen molar-refractivity contribution in [1.82, 2.24) is 0 Å². The van der Waals surface area contributed by atoms with Crippen molar-refractivity contribution in [2.45, 2.75) is 0 Å². The molecule has 19 heavy (non-hydrogen) atoms. The highest BCUT2D eigenvalue weighted by molar-refractivity contribution is 5.68. The van der Waals surface area contributed by atoms with Crippen LogP contribution in [0.1, 0.15) is 11.1 Å². The van der Waals surface area contributed by atoms with Crippen LogP contribution in [0.15, 0.2) is 42.5 Å². The number of nitriles is 2. The molecule has 0 spiro atoms. The number of methoxy groups -OCH3 is 1. The van der Waals surface area contributed by atoms with Crippen molar-refractivity contribution >= 4 is 11.4 Å². The summed E-state index contributed by atoms with van der Waals surface area (Å²) in [5.74, 6) is 0.665. The van der Waals surface area contributed by atoms with Gasteiger partial charge in [0.25, 0.3) is 0 Å². The van der Waals surface area contributed by atoms with Crippen molar-refractivity contribution in [3.8, 4) is 17.9 Å². The maximum absolute atomic E-state index is 9.08. The van der Waals surface area contributed by atoms with Gasteiger partial charge in [-0.2, -0.15) is 10.5 Å². The van der Waals surface area contributed by atoms with Gasteiger partial charge >= 0.3 is 0 Å². The number of ether oxygens (including phenoxy) is 1. The van der Waals surface area contributed by atoms with Crippen LogP contribution in [0.25, 0.3) is 0 Å². The second kappa shape index (κ2) is 5.57. The average Bonchev–Trinajstić information content (AvgIpc) is 2.47. The first-order valence-electron chi connectivity index (χ1n) is 5.62. The van der Waals surface area contributed by atoms with E-state index in [-0.39, 0.29) is 0 Å². The zero-order valence-corrected chi connectivity index (χ0v) is 10.3. The van der Waals surface area contributed by atoms with Gasteiger partial charge in [0.1, 0.15) is 11.8 Å². The average molecular weight is 249 g/mol. The fourth-order valence-electron chi connectivity index (χ4n) is 1.67. The summed E-state index contributed by atoms with van der Waals surface area (Å²) < 4.78 is 5.14. The van der Waals surface area contributed by atoms with Crippen LogP contribution >= 0.6 is 0 Å². The maximum Gasteiger partial charge on any atom is 0.121 e. The Balaban J connectivity index is 2.37. The van der Waals surface area contributed by atoms with Crippen LogP contribution in [0, 0.1) is 22.7 Å². The first kappa shape index (κ1) is 12.5. The third-order valence-electron chi connectivity index (χ3n) is 2.62. The minimum Gasteiger partial charge on any atom is -0.497 e. The lowest BCUT2D eigenvalue weighted by Crippen LogP contribution is -1.95. The second-order valence-corrected chi connectivity index (χ2v) is 3.84. The van der Waals surface area contributed by atoms with Gasteiger partial charge in [0.2, 0.25) is 0 Å². The molecule has 2 aromatic rings. The zero-order valence-electron chi connectivity index (χ0n) is 10.3. The summed E-state index contributed by atoms with van der Waals surface area (Å²) in [5, 5.41) is 21.1. The van der Waals surface area contributed by atoms with E-state index in [9.17, 15) is 0 Å². The molecule has 0 heterocycles. The van der Waals surface area contributed by atoms with E-state index in [0.717, 1.165) is 5.69 Å². The largest absolute Gasteiger partial charge is 0.497 e. The van der Waals surface area contributed by atoms with Crippen molar-refractivity contribution in [2.75, 3.05) is 12.4 Å². The van der Waals surface area contributed by atoms with Crippen LogP contribution in [0.4, 0.5) is 11.4 Å². The molecular weight excluding hydrogens is 238 g/mol. The number of benzene rings is 2. The van der Waals surface area contributed by atoms with E-state index in [1.165, 1.54) is 0 Å². The lowest BCUT2D eigenvalue weighted by atomic mass is 10.1. The molecule has 0 radical (unpaired) electrons. The topological polar surface area (TPSA) is 68.8 Å². The van der Waals surface area contributed by atoms with Crippen molar-refractivity contribution in [3.63, 3.8) is 0 Å². The normalized spacial score (nSPS) is 9.21. The number of nitrogens with zero attached hydrogens (tertiary/aromatic N) is 2. The fourth-order valence-corrected chi connectivity index (χ4v) is 1.67. The van der Waals surface area contributed by atoms with Gasteiger partial charge in [0.05, 0.1) is 30.0 Å². The molecule has 0 bridgehead atoms. The number of hydrogen-bond acceptors (Lipinski definition) is 4. The Morgan fingerprint density at radius 1 is 1.05 bits per heavy atom. The summed E-state index contributed by atoms with van der Waals surface area (Å²) in [7, 11) is 1.57. The Bertz CT molecular complexity index is 681. The van der Waals surface area contributed by atoms with Crippen LogP contribution < -0.4 is 10.1 Å². The van der Waals surface area contributed by atoms with Gasteiger partial charge < -0.3 is 10.1 Å². The summed E-state index contributed by atoms with van der Waals surface area (Å²) in [6, 6.07) is 16.4. The molecule has 0 aliphatic rings. The summed E-state index contributed by atoms with van der Waals surface area (Å²) in [6.45, 7) is 0. The van der Waals surface area contributed by atoms with Crippen LogP contribution in [0.2, 0.25) is 0 Å². The zero-order chi connectivity index (χ0) is 13.7. The molecule has 0 atom stereocenters. The molecule has 0 aliphatic heterocycles. The predicted octanol–water partition coefficient (Wildman–Crippen LogP) is 3.18. The minimum atomic E-state index is 0.517. The monoisotopic (exact) mass is 249 g/mol. The van der Waals surface area contributed by atoms with Gasteiger partial charge in [0.15, 0.2) is 0 Å². The van der Waals surface area contributed by atoms with Crippen molar-refractivity contribution < 1.29 is 4.74 Å². The molecular formula is C15H11N3O. The third-order valence-corrected chi connectivity index (χ3v) is 2.62. The SMILES string of the molecule is COc1ccc(C#N)c(Nc2cccc(C#N)c2)c1. The van der Waals surface area contributed by atoms with Gasteiger partial charge in [-0.1, -0.05) is 6.07 Å². The number of hydrogen-bond donors (Lipinski definition) is 1. The van der Waals surface area contributed by atoms with E-state index in [0.29, 0.717) is 22.6 Å². The Labute approximate surface area is 111 Å². The number of nitrogens with one attached hydrogen (secondary N) is 1. The van der Waals surface area contributed by atoms with Gasteiger partial charge in [0, 0.05) is 11.8 Å². The van der Waals surface area contributed by atoms with E-state index in [1.54, 1.807) is 43.5 Å². The molecule has 0 aromatic heterocycles. The molecule has 4 heteroatoms. The molecule has 1 N–H and O–H groups in total. The van der Waals surface area contributed by atoms with E-state index in [1.807, 2.05) is 6.07 Å². The fraction of sp³-hybridized carbons (Fsp3) is 0.0667. The first-order valence-corrected chi connectivity index (χ1v) is 5.62. The van der Waals surface area contributed by atoms with Crippen LogP contribution in [0.5, 0.6) is 5.75 Å². The van der Waals surface area contributed by atoms with Crippen molar-refractivity contribution in [1.29, 1.82) is 10.5 Å². The Kier molecular flexibility index (Phi) is 3.66. The highest BCUT2D eigenvalue weighted by Gasteiger charge is 2.05. The standard InChI is InChI=1S/C15H11N3O/c1-19-14-6-5-12(10-17)15(8-14)18-13-4-2-3-11(7-13)9-16/h2-8,18H,1H3. The summed E-state index contributed by atoms with van der Waals surface area (Å²) in [5.41, 5.74) is 2.48. The molecule has 0 unspecified atom stereocenters. The Morgan fingerprint density at radius 3 is 2.58 bits per heavy atom. The van der Waals surface area contributed by atoms with E-state index in [2.05, 4.69) is 17.5 Å². The van der Waals surface area contributed by atoms with E-state index in [4.69, 9.17) is 15.3 Å². The lowest BCUT2D eigenvalue weighted by Gasteiger charge is -2.10. The molecule has 2 rings (SSSR count). The third kappa shape index (κ3) is 2.83. The summed E-state index contributed by atoms with van der Waals surface area (Å²) in [4.78, 5) is 0. The highest BCUT2D eigenvalue weighted by atomic mass is 16.5. The van der Waals surface area contributed by atoms with Gasteiger partial charge in [-0.05, 0) is 30.3 Å².